The van der Waals surface area contributed by atoms with E-state index >= 15 is 0 Å². The van der Waals surface area contributed by atoms with E-state index in [0.29, 0.717) is 11.8 Å². The first-order valence-corrected chi connectivity index (χ1v) is 8.50. The molecule has 0 aliphatic rings. The Hall–Kier alpha value is -0.640. The lowest BCUT2D eigenvalue weighted by Crippen LogP contribution is -2.28. The Morgan fingerprint density at radius 3 is 2.05 bits per heavy atom. The summed E-state index contributed by atoms with van der Waals surface area (Å²) in [6.45, 7) is 13.3. The number of nitrogens with zero attached hydrogens (tertiary/aromatic N) is 3. The van der Waals surface area contributed by atoms with E-state index in [1.807, 2.05) is 6.07 Å². The highest BCUT2D eigenvalue weighted by Crippen LogP contribution is 2.19. The second kappa shape index (κ2) is 8.60. The molecule has 0 aromatic carbocycles. The van der Waals surface area contributed by atoms with Crippen molar-refractivity contribution < 1.29 is 0 Å². The zero-order valence-corrected chi connectivity index (χ0v) is 15.1. The molecule has 0 aliphatic carbocycles. The van der Waals surface area contributed by atoms with Crippen LogP contribution in [0.15, 0.2) is 10.7 Å². The number of rotatable bonds is 8. The van der Waals surface area contributed by atoms with Crippen LogP contribution in [0.5, 0.6) is 0 Å². The van der Waals surface area contributed by atoms with Crippen molar-refractivity contribution in [3.63, 3.8) is 0 Å². The van der Waals surface area contributed by atoms with Gasteiger partial charge in [0.15, 0.2) is 0 Å². The van der Waals surface area contributed by atoms with Crippen LogP contribution in [0.3, 0.4) is 0 Å². The molecule has 0 saturated carbocycles. The summed E-state index contributed by atoms with van der Waals surface area (Å²) in [5, 5.41) is 0. The van der Waals surface area contributed by atoms with Gasteiger partial charge in [0.1, 0.15) is 16.2 Å². The highest BCUT2D eigenvalue weighted by Gasteiger charge is 2.12. The Morgan fingerprint density at radius 1 is 1.05 bits per heavy atom. The monoisotopic (exact) mass is 341 g/mol. The van der Waals surface area contributed by atoms with Gasteiger partial charge in [0, 0.05) is 25.6 Å². The second-order valence-corrected chi connectivity index (χ2v) is 6.98. The summed E-state index contributed by atoms with van der Waals surface area (Å²) in [5.74, 6) is 3.40. The van der Waals surface area contributed by atoms with Crippen molar-refractivity contribution in [1.29, 1.82) is 0 Å². The largest absolute Gasteiger partial charge is 0.356 e. The highest BCUT2D eigenvalue weighted by atomic mass is 79.9. The molecule has 0 aliphatic heterocycles. The second-order valence-electron chi connectivity index (χ2n) is 6.17. The molecule has 1 aromatic heterocycles. The molecular weight excluding hydrogens is 314 g/mol. The van der Waals surface area contributed by atoms with Crippen LogP contribution < -0.4 is 4.90 Å². The van der Waals surface area contributed by atoms with Crippen LogP contribution in [0.25, 0.3) is 0 Å². The molecular formula is C16H28BrN3. The van der Waals surface area contributed by atoms with E-state index in [-0.39, 0.29) is 0 Å². The SMILES string of the molecule is CCc1nc(Br)cc(N(CCC(C)C)CCC(C)C)n1. The van der Waals surface area contributed by atoms with E-state index in [2.05, 4.69) is 60.4 Å². The zero-order valence-electron chi connectivity index (χ0n) is 13.5. The fourth-order valence-corrected chi connectivity index (χ4v) is 2.35. The average Bonchev–Trinajstić information content (AvgIpc) is 2.37. The zero-order chi connectivity index (χ0) is 15.1. The van der Waals surface area contributed by atoms with E-state index in [9.17, 15) is 0 Å². The average molecular weight is 342 g/mol. The van der Waals surface area contributed by atoms with Gasteiger partial charge in [-0.25, -0.2) is 9.97 Å². The summed E-state index contributed by atoms with van der Waals surface area (Å²) in [4.78, 5) is 11.5. The van der Waals surface area contributed by atoms with Gasteiger partial charge in [0.25, 0.3) is 0 Å². The number of aryl methyl sites for hydroxylation is 1. The summed E-state index contributed by atoms with van der Waals surface area (Å²) in [6.07, 6.45) is 3.26. The standard InChI is InChI=1S/C16H28BrN3/c1-6-15-18-14(17)11-16(19-15)20(9-7-12(2)3)10-8-13(4)5/h11-13H,6-10H2,1-5H3. The third-order valence-electron chi connectivity index (χ3n) is 3.32. The fraction of sp³-hybridized carbons (Fsp3) is 0.750. The number of aromatic nitrogens is 2. The van der Waals surface area contributed by atoms with Gasteiger partial charge in [-0.3, -0.25) is 0 Å². The summed E-state index contributed by atoms with van der Waals surface area (Å²) < 4.78 is 0.887. The minimum absolute atomic E-state index is 0.715. The van der Waals surface area contributed by atoms with Gasteiger partial charge in [-0.1, -0.05) is 34.6 Å². The maximum absolute atomic E-state index is 4.69. The van der Waals surface area contributed by atoms with Gasteiger partial charge in [0.05, 0.1) is 0 Å². The summed E-state index contributed by atoms with van der Waals surface area (Å²) in [7, 11) is 0. The van der Waals surface area contributed by atoms with Gasteiger partial charge < -0.3 is 4.90 Å². The molecule has 0 amide bonds. The molecule has 4 heteroatoms. The molecule has 0 saturated heterocycles. The number of anilines is 1. The Kier molecular flexibility index (Phi) is 7.49. The minimum Gasteiger partial charge on any atom is -0.356 e. The van der Waals surface area contributed by atoms with Crippen molar-refractivity contribution in [1.82, 2.24) is 9.97 Å². The molecule has 0 spiro atoms. The molecule has 3 nitrogen and oxygen atoms in total. The van der Waals surface area contributed by atoms with Crippen molar-refractivity contribution in [2.75, 3.05) is 18.0 Å². The van der Waals surface area contributed by atoms with E-state index in [1.165, 1.54) is 12.8 Å². The number of hydrogen-bond donors (Lipinski definition) is 0. The van der Waals surface area contributed by atoms with Gasteiger partial charge in [0.2, 0.25) is 0 Å². The van der Waals surface area contributed by atoms with Gasteiger partial charge in [-0.2, -0.15) is 0 Å². The topological polar surface area (TPSA) is 29.0 Å². The molecule has 0 bridgehead atoms. The van der Waals surface area contributed by atoms with Gasteiger partial charge >= 0.3 is 0 Å². The number of hydrogen-bond acceptors (Lipinski definition) is 3. The lowest BCUT2D eigenvalue weighted by Gasteiger charge is -2.26. The molecule has 1 aromatic rings. The Labute approximate surface area is 132 Å². The quantitative estimate of drug-likeness (QED) is 0.641. The Morgan fingerprint density at radius 2 is 1.60 bits per heavy atom. The van der Waals surface area contributed by atoms with Gasteiger partial charge in [-0.05, 0) is 40.6 Å². The maximum atomic E-state index is 4.69. The Balaban J connectivity index is 2.86. The van der Waals surface area contributed by atoms with Crippen LogP contribution in [0, 0.1) is 11.8 Å². The van der Waals surface area contributed by atoms with Crippen LogP contribution in [0.1, 0.15) is 53.3 Å². The van der Waals surface area contributed by atoms with Crippen LogP contribution in [-0.2, 0) is 6.42 Å². The first kappa shape index (κ1) is 17.4. The molecule has 0 N–H and O–H groups in total. The first-order chi connectivity index (χ1) is 9.42. The third kappa shape index (κ3) is 6.21. The highest BCUT2D eigenvalue weighted by molar-refractivity contribution is 9.10. The summed E-state index contributed by atoms with van der Waals surface area (Å²) in [5.41, 5.74) is 0. The van der Waals surface area contributed by atoms with Crippen molar-refractivity contribution in [3.8, 4) is 0 Å². The predicted molar refractivity (Wildman–Crippen MR) is 90.2 cm³/mol. The molecule has 0 fully saturated rings. The third-order valence-corrected chi connectivity index (χ3v) is 3.73. The molecule has 0 radical (unpaired) electrons. The minimum atomic E-state index is 0.715. The van der Waals surface area contributed by atoms with Crippen molar-refractivity contribution in [2.24, 2.45) is 11.8 Å². The molecule has 20 heavy (non-hydrogen) atoms. The van der Waals surface area contributed by atoms with E-state index in [4.69, 9.17) is 4.98 Å². The Bertz CT molecular complexity index is 393. The number of halogens is 1. The normalized spacial score (nSPS) is 11.4. The van der Waals surface area contributed by atoms with E-state index < -0.39 is 0 Å². The van der Waals surface area contributed by atoms with Crippen LogP contribution in [-0.4, -0.2) is 23.1 Å². The molecule has 1 rings (SSSR count). The lowest BCUT2D eigenvalue weighted by molar-refractivity contribution is 0.532. The maximum Gasteiger partial charge on any atom is 0.133 e. The van der Waals surface area contributed by atoms with Crippen molar-refractivity contribution in [2.45, 2.75) is 53.9 Å². The molecule has 0 unspecified atom stereocenters. The molecule has 114 valence electrons. The van der Waals surface area contributed by atoms with Crippen LogP contribution >= 0.6 is 15.9 Å². The predicted octanol–water partition coefficient (Wildman–Crippen LogP) is 4.70. The van der Waals surface area contributed by atoms with Crippen molar-refractivity contribution >= 4 is 21.7 Å². The molecule has 1 heterocycles. The summed E-state index contributed by atoms with van der Waals surface area (Å²) >= 11 is 3.50. The molecule has 0 atom stereocenters. The van der Waals surface area contributed by atoms with E-state index in [0.717, 1.165) is 35.8 Å². The van der Waals surface area contributed by atoms with Crippen LogP contribution in [0.4, 0.5) is 5.82 Å². The van der Waals surface area contributed by atoms with Gasteiger partial charge in [-0.15, -0.1) is 0 Å². The first-order valence-electron chi connectivity index (χ1n) is 7.70. The van der Waals surface area contributed by atoms with Crippen LogP contribution in [0.2, 0.25) is 0 Å². The lowest BCUT2D eigenvalue weighted by atomic mass is 10.1. The smallest absolute Gasteiger partial charge is 0.133 e. The fourth-order valence-electron chi connectivity index (χ4n) is 1.94. The van der Waals surface area contributed by atoms with E-state index in [1.54, 1.807) is 0 Å². The van der Waals surface area contributed by atoms with Crippen molar-refractivity contribution in [3.05, 3.63) is 16.5 Å². The summed E-state index contributed by atoms with van der Waals surface area (Å²) in [6, 6.07) is 2.04.